The van der Waals surface area contributed by atoms with Crippen molar-refractivity contribution < 1.29 is 28.6 Å². The van der Waals surface area contributed by atoms with Crippen LogP contribution in [-0.4, -0.2) is 37.2 Å². The number of rotatable bonds is 55. The van der Waals surface area contributed by atoms with Crippen molar-refractivity contribution in [3.05, 3.63) is 0 Å². The zero-order valence-electron chi connectivity index (χ0n) is 45.2. The second kappa shape index (κ2) is 54.4. The van der Waals surface area contributed by atoms with Crippen LogP contribution in [-0.2, 0) is 28.6 Å². The van der Waals surface area contributed by atoms with E-state index in [0.717, 1.165) is 63.7 Å². The molecule has 6 heteroatoms. The van der Waals surface area contributed by atoms with Gasteiger partial charge in [0.15, 0.2) is 6.10 Å². The number of ether oxygens (including phenoxy) is 3. The van der Waals surface area contributed by atoms with Crippen molar-refractivity contribution in [1.82, 2.24) is 0 Å². The summed E-state index contributed by atoms with van der Waals surface area (Å²) >= 11 is 0. The van der Waals surface area contributed by atoms with E-state index in [2.05, 4.69) is 27.7 Å². The second-order valence-corrected chi connectivity index (χ2v) is 21.1. The minimum atomic E-state index is -0.761. The number of unbranched alkanes of at least 4 members (excludes halogenated alkanes) is 42. The average molecular weight is 934 g/mol. The van der Waals surface area contributed by atoms with Gasteiger partial charge in [0.25, 0.3) is 0 Å². The summed E-state index contributed by atoms with van der Waals surface area (Å²) in [6, 6.07) is 0. The summed E-state index contributed by atoms with van der Waals surface area (Å²) in [5.41, 5.74) is 0. The molecule has 0 heterocycles. The number of hydrogen-bond acceptors (Lipinski definition) is 6. The molecular weight excluding hydrogens is 817 g/mol. The van der Waals surface area contributed by atoms with Crippen molar-refractivity contribution in [1.29, 1.82) is 0 Å². The van der Waals surface area contributed by atoms with Crippen molar-refractivity contribution in [3.8, 4) is 0 Å². The van der Waals surface area contributed by atoms with Gasteiger partial charge in [-0.15, -0.1) is 0 Å². The quantitative estimate of drug-likeness (QED) is 0.0343. The average Bonchev–Trinajstić information content (AvgIpc) is 3.30. The van der Waals surface area contributed by atoms with E-state index in [1.807, 2.05) is 0 Å². The first-order valence-corrected chi connectivity index (χ1v) is 29.9. The van der Waals surface area contributed by atoms with E-state index >= 15 is 0 Å². The molecule has 0 aromatic carbocycles. The molecular formula is C60H116O6. The van der Waals surface area contributed by atoms with Gasteiger partial charge in [-0.2, -0.15) is 0 Å². The SMILES string of the molecule is CCCCCCCCCCCCCCCCCCCCCC(=O)O[C@H](COC(=O)CCCCCCCCCCCCC)COC(=O)CCCCCCCCCCCCCCCCCC(C)C. The Kier molecular flexibility index (Phi) is 53.0. The van der Waals surface area contributed by atoms with Crippen molar-refractivity contribution in [2.45, 2.75) is 348 Å². The van der Waals surface area contributed by atoms with Crippen molar-refractivity contribution in [2.75, 3.05) is 13.2 Å². The molecule has 0 unspecified atom stereocenters. The van der Waals surface area contributed by atoms with Crippen LogP contribution in [0.1, 0.15) is 342 Å². The molecule has 0 saturated heterocycles. The Bertz CT molecular complexity index is 996. The summed E-state index contributed by atoms with van der Waals surface area (Å²) in [6.45, 7) is 9.07. The number of carbonyl (C=O) groups is 3. The monoisotopic (exact) mass is 933 g/mol. The van der Waals surface area contributed by atoms with Gasteiger partial charge < -0.3 is 14.2 Å². The lowest BCUT2D eigenvalue weighted by Crippen LogP contribution is -2.30. The van der Waals surface area contributed by atoms with Crippen LogP contribution in [0.25, 0.3) is 0 Å². The minimum Gasteiger partial charge on any atom is -0.462 e. The van der Waals surface area contributed by atoms with Gasteiger partial charge in [-0.3, -0.25) is 14.4 Å². The van der Waals surface area contributed by atoms with Gasteiger partial charge in [0.05, 0.1) is 0 Å². The first kappa shape index (κ1) is 64.4. The molecule has 0 bridgehead atoms. The molecule has 0 fully saturated rings. The highest BCUT2D eigenvalue weighted by Gasteiger charge is 2.19. The molecule has 0 aliphatic heterocycles. The fraction of sp³-hybridized carbons (Fsp3) is 0.950. The molecule has 0 rings (SSSR count). The van der Waals surface area contributed by atoms with Gasteiger partial charge in [0, 0.05) is 19.3 Å². The topological polar surface area (TPSA) is 78.9 Å². The lowest BCUT2D eigenvalue weighted by atomic mass is 10.0. The third kappa shape index (κ3) is 53.4. The maximum atomic E-state index is 12.9. The summed E-state index contributed by atoms with van der Waals surface area (Å²) in [7, 11) is 0. The van der Waals surface area contributed by atoms with E-state index in [1.165, 1.54) is 238 Å². The molecule has 0 N–H and O–H groups in total. The first-order valence-electron chi connectivity index (χ1n) is 29.9. The van der Waals surface area contributed by atoms with Crippen LogP contribution in [0.15, 0.2) is 0 Å². The van der Waals surface area contributed by atoms with Gasteiger partial charge in [0.1, 0.15) is 13.2 Å². The van der Waals surface area contributed by atoms with Crippen LogP contribution in [0.4, 0.5) is 0 Å². The molecule has 0 aromatic heterocycles. The fourth-order valence-corrected chi connectivity index (χ4v) is 9.28. The Balaban J connectivity index is 4.24. The van der Waals surface area contributed by atoms with Crippen molar-refractivity contribution in [3.63, 3.8) is 0 Å². The maximum Gasteiger partial charge on any atom is 0.306 e. The van der Waals surface area contributed by atoms with Gasteiger partial charge in [-0.1, -0.05) is 304 Å². The largest absolute Gasteiger partial charge is 0.462 e. The number of carbonyl (C=O) groups excluding carboxylic acids is 3. The van der Waals surface area contributed by atoms with Gasteiger partial charge >= 0.3 is 17.9 Å². The van der Waals surface area contributed by atoms with Crippen molar-refractivity contribution >= 4 is 17.9 Å². The standard InChI is InChI=1S/C60H116O6/c1-5-7-9-11-13-15-17-18-19-20-21-22-25-29-33-37-41-45-49-53-60(63)66-57(54-64-58(61)51-47-43-39-35-30-16-14-12-10-8-6-2)55-65-59(62)52-48-44-40-36-32-28-26-23-24-27-31-34-38-42-46-50-56(3)4/h56-57H,5-55H2,1-4H3/t57-/m1/s1. The van der Waals surface area contributed by atoms with Crippen LogP contribution < -0.4 is 0 Å². The maximum absolute atomic E-state index is 12.9. The summed E-state index contributed by atoms with van der Waals surface area (Å²) in [5, 5.41) is 0. The zero-order valence-corrected chi connectivity index (χ0v) is 45.2. The highest BCUT2D eigenvalue weighted by Crippen LogP contribution is 2.18. The fourth-order valence-electron chi connectivity index (χ4n) is 9.28. The molecule has 0 aliphatic rings. The summed E-state index contributed by atoms with van der Waals surface area (Å²) < 4.78 is 16.9. The summed E-state index contributed by atoms with van der Waals surface area (Å²) in [6.07, 6.45) is 59.6. The van der Waals surface area contributed by atoms with Crippen LogP contribution in [0.3, 0.4) is 0 Å². The molecule has 392 valence electrons. The highest BCUT2D eigenvalue weighted by atomic mass is 16.6. The third-order valence-electron chi connectivity index (χ3n) is 13.8. The van der Waals surface area contributed by atoms with Crippen molar-refractivity contribution in [2.24, 2.45) is 5.92 Å². The Morgan fingerprint density at radius 1 is 0.288 bits per heavy atom. The van der Waals surface area contributed by atoms with E-state index in [4.69, 9.17) is 14.2 Å². The highest BCUT2D eigenvalue weighted by molar-refractivity contribution is 5.71. The molecule has 66 heavy (non-hydrogen) atoms. The lowest BCUT2D eigenvalue weighted by molar-refractivity contribution is -0.167. The Labute approximate surface area is 412 Å². The molecule has 0 aliphatic carbocycles. The van der Waals surface area contributed by atoms with Crippen LogP contribution in [0.2, 0.25) is 0 Å². The third-order valence-corrected chi connectivity index (χ3v) is 13.8. The molecule has 0 spiro atoms. The smallest absolute Gasteiger partial charge is 0.306 e. The van der Waals surface area contributed by atoms with Gasteiger partial charge in [-0.05, 0) is 25.2 Å². The normalized spacial score (nSPS) is 12.0. The Morgan fingerprint density at radius 3 is 0.742 bits per heavy atom. The molecule has 1 atom stereocenters. The van der Waals surface area contributed by atoms with Crippen LogP contribution in [0, 0.1) is 5.92 Å². The van der Waals surface area contributed by atoms with E-state index in [-0.39, 0.29) is 31.1 Å². The summed E-state index contributed by atoms with van der Waals surface area (Å²) in [5.74, 6) is 0.0150. The minimum absolute atomic E-state index is 0.0617. The van der Waals surface area contributed by atoms with Gasteiger partial charge in [0.2, 0.25) is 0 Å². The van der Waals surface area contributed by atoms with E-state index in [9.17, 15) is 14.4 Å². The molecule has 6 nitrogen and oxygen atoms in total. The predicted molar refractivity (Wildman–Crippen MR) is 284 cm³/mol. The second-order valence-electron chi connectivity index (χ2n) is 21.1. The molecule has 0 amide bonds. The molecule has 0 saturated carbocycles. The number of esters is 3. The van der Waals surface area contributed by atoms with E-state index in [0.29, 0.717) is 19.3 Å². The van der Waals surface area contributed by atoms with E-state index < -0.39 is 6.10 Å². The lowest BCUT2D eigenvalue weighted by Gasteiger charge is -2.18. The predicted octanol–water partition coefficient (Wildman–Crippen LogP) is 19.8. The van der Waals surface area contributed by atoms with Crippen LogP contribution >= 0.6 is 0 Å². The van der Waals surface area contributed by atoms with Crippen LogP contribution in [0.5, 0.6) is 0 Å². The zero-order chi connectivity index (χ0) is 48.1. The first-order chi connectivity index (χ1) is 32.4. The Morgan fingerprint density at radius 2 is 0.500 bits per heavy atom. The number of hydrogen-bond donors (Lipinski definition) is 0. The molecule has 0 aromatic rings. The Hall–Kier alpha value is -1.59. The molecule has 0 radical (unpaired) electrons. The van der Waals surface area contributed by atoms with E-state index in [1.54, 1.807) is 0 Å². The van der Waals surface area contributed by atoms with Gasteiger partial charge in [-0.25, -0.2) is 0 Å². The summed E-state index contributed by atoms with van der Waals surface area (Å²) in [4.78, 5) is 38.1.